The standard InChI is InChI=1S/C19H13FN2O4S2/c20-12-5-3-11(4-6-12)17(16-2-1-9-27-16)22-28(25,26)13-7-8-14-15(10-13)19(24)21-18(14)23/h1-10,17,22H,(H,21,23,24). The van der Waals surface area contributed by atoms with Gasteiger partial charge in [-0.3, -0.25) is 14.9 Å². The second kappa shape index (κ2) is 6.93. The van der Waals surface area contributed by atoms with Gasteiger partial charge < -0.3 is 0 Å². The van der Waals surface area contributed by atoms with Crippen molar-refractivity contribution >= 4 is 33.2 Å². The predicted octanol–water partition coefficient (Wildman–Crippen LogP) is 2.84. The van der Waals surface area contributed by atoms with Gasteiger partial charge in [0.05, 0.1) is 22.1 Å². The van der Waals surface area contributed by atoms with E-state index >= 15 is 0 Å². The van der Waals surface area contributed by atoms with Gasteiger partial charge in [0.25, 0.3) is 11.8 Å². The van der Waals surface area contributed by atoms with E-state index in [4.69, 9.17) is 0 Å². The van der Waals surface area contributed by atoms with Gasteiger partial charge in [-0.2, -0.15) is 4.72 Å². The number of rotatable bonds is 5. The van der Waals surface area contributed by atoms with Crippen LogP contribution >= 0.6 is 11.3 Å². The topological polar surface area (TPSA) is 92.3 Å². The van der Waals surface area contributed by atoms with E-state index in [1.54, 1.807) is 12.1 Å². The van der Waals surface area contributed by atoms with Gasteiger partial charge in [-0.25, -0.2) is 12.8 Å². The number of sulfonamides is 1. The second-order valence-electron chi connectivity index (χ2n) is 6.11. The van der Waals surface area contributed by atoms with Crippen molar-refractivity contribution in [3.05, 3.63) is 87.4 Å². The lowest BCUT2D eigenvalue weighted by molar-refractivity contribution is 0.0879. The summed E-state index contributed by atoms with van der Waals surface area (Å²) >= 11 is 1.36. The van der Waals surface area contributed by atoms with Gasteiger partial charge in [0.15, 0.2) is 0 Å². The second-order valence-corrected chi connectivity index (χ2v) is 8.81. The molecule has 1 aromatic heterocycles. The van der Waals surface area contributed by atoms with Gasteiger partial charge >= 0.3 is 0 Å². The zero-order chi connectivity index (χ0) is 19.9. The van der Waals surface area contributed by atoms with E-state index < -0.39 is 33.7 Å². The molecular weight excluding hydrogens is 403 g/mol. The number of nitrogens with one attached hydrogen (secondary N) is 2. The van der Waals surface area contributed by atoms with Gasteiger partial charge in [-0.05, 0) is 47.3 Å². The van der Waals surface area contributed by atoms with Crippen molar-refractivity contribution in [2.75, 3.05) is 0 Å². The van der Waals surface area contributed by atoms with Crippen LogP contribution in [-0.4, -0.2) is 20.2 Å². The number of carbonyl (C=O) groups is 2. The van der Waals surface area contributed by atoms with E-state index in [1.807, 2.05) is 5.38 Å². The van der Waals surface area contributed by atoms with Crippen LogP contribution in [0, 0.1) is 5.82 Å². The number of amides is 2. The molecule has 6 nitrogen and oxygen atoms in total. The normalized spacial score (nSPS) is 14.6. The summed E-state index contributed by atoms with van der Waals surface area (Å²) in [5.74, 6) is -1.61. The minimum atomic E-state index is -4.03. The quantitative estimate of drug-likeness (QED) is 0.626. The maximum atomic E-state index is 13.3. The van der Waals surface area contributed by atoms with Crippen molar-refractivity contribution in [1.82, 2.24) is 10.0 Å². The van der Waals surface area contributed by atoms with Crippen molar-refractivity contribution in [2.24, 2.45) is 0 Å². The number of thiophene rings is 1. The molecule has 9 heteroatoms. The van der Waals surface area contributed by atoms with Crippen LogP contribution < -0.4 is 10.0 Å². The maximum Gasteiger partial charge on any atom is 0.258 e. The van der Waals surface area contributed by atoms with Crippen molar-refractivity contribution in [1.29, 1.82) is 0 Å². The van der Waals surface area contributed by atoms with Crippen molar-refractivity contribution < 1.29 is 22.4 Å². The van der Waals surface area contributed by atoms with Gasteiger partial charge in [0.1, 0.15) is 5.82 Å². The Hall–Kier alpha value is -2.88. The molecule has 0 spiro atoms. The lowest BCUT2D eigenvalue weighted by Crippen LogP contribution is -2.29. The fourth-order valence-electron chi connectivity index (χ4n) is 2.94. The van der Waals surface area contributed by atoms with Crippen LogP contribution in [0.2, 0.25) is 0 Å². The highest BCUT2D eigenvalue weighted by Gasteiger charge is 2.30. The van der Waals surface area contributed by atoms with E-state index in [0.717, 1.165) is 4.88 Å². The molecule has 2 N–H and O–H groups in total. The highest BCUT2D eigenvalue weighted by molar-refractivity contribution is 7.89. The zero-order valence-corrected chi connectivity index (χ0v) is 15.8. The Bertz CT molecular complexity index is 1170. The minimum Gasteiger partial charge on any atom is -0.288 e. The summed E-state index contributed by atoms with van der Waals surface area (Å²) in [6.07, 6.45) is 0. The van der Waals surface area contributed by atoms with E-state index in [2.05, 4.69) is 10.0 Å². The average molecular weight is 416 g/mol. The SMILES string of the molecule is O=C1NC(=O)c2cc(S(=O)(=O)NC(c3ccc(F)cc3)c3cccs3)ccc21. The molecule has 1 atom stereocenters. The fourth-order valence-corrected chi connectivity index (χ4v) is 5.05. The Labute approximate surface area is 164 Å². The molecule has 0 bridgehead atoms. The number of hydrogen-bond acceptors (Lipinski definition) is 5. The fraction of sp³-hybridized carbons (Fsp3) is 0.0526. The summed E-state index contributed by atoms with van der Waals surface area (Å²) in [6, 6.07) is 12.1. The van der Waals surface area contributed by atoms with E-state index in [9.17, 15) is 22.4 Å². The first-order chi connectivity index (χ1) is 13.3. The van der Waals surface area contributed by atoms with E-state index in [-0.39, 0.29) is 16.0 Å². The first kappa shape index (κ1) is 18.5. The molecule has 28 heavy (non-hydrogen) atoms. The van der Waals surface area contributed by atoms with Crippen LogP contribution in [0.4, 0.5) is 4.39 Å². The van der Waals surface area contributed by atoms with Crippen molar-refractivity contribution in [3.63, 3.8) is 0 Å². The molecule has 4 rings (SSSR count). The van der Waals surface area contributed by atoms with Gasteiger partial charge in [-0.1, -0.05) is 18.2 Å². The summed E-state index contributed by atoms with van der Waals surface area (Å²) in [4.78, 5) is 24.1. The Kier molecular flexibility index (Phi) is 4.58. The predicted molar refractivity (Wildman–Crippen MR) is 101 cm³/mol. The van der Waals surface area contributed by atoms with E-state index in [0.29, 0.717) is 5.56 Å². The number of benzene rings is 2. The van der Waals surface area contributed by atoms with Crippen LogP contribution in [0.3, 0.4) is 0 Å². The lowest BCUT2D eigenvalue weighted by atomic mass is 10.1. The summed E-state index contributed by atoms with van der Waals surface area (Å²) < 4.78 is 41.8. The number of carbonyl (C=O) groups excluding carboxylic acids is 2. The number of hydrogen-bond donors (Lipinski definition) is 2. The van der Waals surface area contributed by atoms with Crippen molar-refractivity contribution in [2.45, 2.75) is 10.9 Å². The first-order valence-corrected chi connectivity index (χ1v) is 10.5. The third kappa shape index (κ3) is 3.35. The molecule has 0 radical (unpaired) electrons. The number of imide groups is 1. The van der Waals surface area contributed by atoms with Crippen molar-refractivity contribution in [3.8, 4) is 0 Å². The third-order valence-electron chi connectivity index (χ3n) is 4.32. The van der Waals surface area contributed by atoms with Gasteiger partial charge in [0, 0.05) is 4.88 Å². The first-order valence-electron chi connectivity index (χ1n) is 8.16. The lowest BCUT2D eigenvalue weighted by Gasteiger charge is -2.18. The number of halogens is 1. The summed E-state index contributed by atoms with van der Waals surface area (Å²) in [6.45, 7) is 0. The molecular formula is C19H13FN2O4S2. The number of fused-ring (bicyclic) bond motifs is 1. The van der Waals surface area contributed by atoms with Crippen LogP contribution in [0.25, 0.3) is 0 Å². The van der Waals surface area contributed by atoms with Gasteiger partial charge in [0.2, 0.25) is 10.0 Å². The Morgan fingerprint density at radius 2 is 1.68 bits per heavy atom. The largest absolute Gasteiger partial charge is 0.288 e. The molecule has 0 aliphatic carbocycles. The molecule has 1 aliphatic heterocycles. The Morgan fingerprint density at radius 1 is 0.964 bits per heavy atom. The molecule has 1 unspecified atom stereocenters. The van der Waals surface area contributed by atoms with Gasteiger partial charge in [-0.15, -0.1) is 11.3 Å². The van der Waals surface area contributed by atoms with Crippen LogP contribution in [-0.2, 0) is 10.0 Å². The molecule has 0 fully saturated rings. The maximum absolute atomic E-state index is 13.3. The molecule has 1 aliphatic rings. The van der Waals surface area contributed by atoms with Crippen LogP contribution in [0.15, 0.2) is 64.9 Å². The van der Waals surface area contributed by atoms with Crippen LogP contribution in [0.1, 0.15) is 37.2 Å². The zero-order valence-electron chi connectivity index (χ0n) is 14.2. The third-order valence-corrected chi connectivity index (χ3v) is 6.68. The molecule has 2 amide bonds. The Morgan fingerprint density at radius 3 is 2.36 bits per heavy atom. The monoisotopic (exact) mass is 416 g/mol. The highest BCUT2D eigenvalue weighted by Crippen LogP contribution is 2.29. The molecule has 142 valence electrons. The van der Waals surface area contributed by atoms with Crippen LogP contribution in [0.5, 0.6) is 0 Å². The Balaban J connectivity index is 1.72. The summed E-state index contributed by atoms with van der Waals surface area (Å²) in [5, 5.41) is 3.94. The molecule has 2 heterocycles. The molecule has 2 aromatic carbocycles. The molecule has 0 saturated carbocycles. The minimum absolute atomic E-state index is 0.0160. The average Bonchev–Trinajstić information content (AvgIpc) is 3.29. The smallest absolute Gasteiger partial charge is 0.258 e. The van der Waals surface area contributed by atoms with E-state index in [1.165, 1.54) is 53.8 Å². The molecule has 0 saturated heterocycles. The summed E-state index contributed by atoms with van der Waals surface area (Å²) in [5.41, 5.74) is 0.723. The summed E-state index contributed by atoms with van der Waals surface area (Å²) in [7, 11) is -4.03. The molecule has 3 aromatic rings. The highest BCUT2D eigenvalue weighted by atomic mass is 32.2.